The number of benzene rings is 2. The van der Waals surface area contributed by atoms with Gasteiger partial charge in [-0.25, -0.2) is 0 Å². The number of hydrogen-bond acceptors (Lipinski definition) is 6. The van der Waals surface area contributed by atoms with Crippen LogP contribution in [0.2, 0.25) is 0 Å². The van der Waals surface area contributed by atoms with E-state index in [2.05, 4.69) is 74.1 Å². The minimum Gasteiger partial charge on any atom is -0.369 e. The molecule has 0 saturated heterocycles. The lowest BCUT2D eigenvalue weighted by Crippen LogP contribution is -2.32. The van der Waals surface area contributed by atoms with Gasteiger partial charge in [0.2, 0.25) is 0 Å². The fourth-order valence-electron chi connectivity index (χ4n) is 3.53. The maximum atomic E-state index is 5.36. The van der Waals surface area contributed by atoms with Crippen molar-refractivity contribution in [1.29, 1.82) is 0 Å². The summed E-state index contributed by atoms with van der Waals surface area (Å²) in [6.45, 7) is 5.53. The van der Waals surface area contributed by atoms with E-state index in [4.69, 9.17) is 18.9 Å². The lowest BCUT2D eigenvalue weighted by atomic mass is 9.99. The Morgan fingerprint density at radius 1 is 0.633 bits per heavy atom. The van der Waals surface area contributed by atoms with Crippen LogP contribution < -0.4 is 9.80 Å². The summed E-state index contributed by atoms with van der Waals surface area (Å²) in [5.41, 5.74) is 7.05. The molecule has 0 radical (unpaired) electrons. The summed E-state index contributed by atoms with van der Waals surface area (Å²) in [6, 6.07) is 13.1. The van der Waals surface area contributed by atoms with E-state index in [1.807, 2.05) is 0 Å². The first-order valence-electron chi connectivity index (χ1n) is 10.1. The largest absolute Gasteiger partial charge is 0.369 e. The predicted octanol–water partition coefficient (Wildman–Crippen LogP) is 4.08. The van der Waals surface area contributed by atoms with E-state index in [1.165, 1.54) is 22.3 Å². The molecular weight excluding hydrogens is 380 g/mol. The van der Waals surface area contributed by atoms with Gasteiger partial charge in [0, 0.05) is 53.9 Å². The lowest BCUT2D eigenvalue weighted by Gasteiger charge is -2.27. The molecular formula is C24H36N2O4. The van der Waals surface area contributed by atoms with Crippen LogP contribution >= 0.6 is 0 Å². The van der Waals surface area contributed by atoms with Gasteiger partial charge in [-0.15, -0.1) is 0 Å². The minimum atomic E-state index is -0.271. The first-order chi connectivity index (χ1) is 14.3. The fraction of sp³-hybridized carbons (Fsp3) is 0.500. The maximum absolute atomic E-state index is 5.36. The highest BCUT2D eigenvalue weighted by molar-refractivity contribution is 5.74. The van der Waals surface area contributed by atoms with Gasteiger partial charge in [0.25, 0.3) is 0 Å². The summed E-state index contributed by atoms with van der Waals surface area (Å²) in [7, 11) is 10.8. The number of hydrogen-bond donors (Lipinski definition) is 0. The van der Waals surface area contributed by atoms with Crippen molar-refractivity contribution >= 4 is 11.4 Å². The first-order valence-corrected chi connectivity index (χ1v) is 10.1. The molecule has 0 bridgehead atoms. The van der Waals surface area contributed by atoms with Crippen LogP contribution in [0.25, 0.3) is 11.1 Å². The second-order valence-corrected chi connectivity index (χ2v) is 7.57. The molecule has 30 heavy (non-hydrogen) atoms. The van der Waals surface area contributed by atoms with Gasteiger partial charge < -0.3 is 28.7 Å². The van der Waals surface area contributed by atoms with Crippen molar-refractivity contribution in [2.24, 2.45) is 0 Å². The van der Waals surface area contributed by atoms with Crippen LogP contribution in [0.5, 0.6) is 0 Å². The molecule has 0 aliphatic rings. The van der Waals surface area contributed by atoms with Gasteiger partial charge in [0.05, 0.1) is 13.1 Å². The third-order valence-corrected chi connectivity index (χ3v) is 5.47. The van der Waals surface area contributed by atoms with Crippen LogP contribution in [0.3, 0.4) is 0 Å². The van der Waals surface area contributed by atoms with Crippen LogP contribution in [0.15, 0.2) is 36.4 Å². The molecule has 0 amide bonds. The zero-order chi connectivity index (χ0) is 22.3. The smallest absolute Gasteiger partial charge is 0.174 e. The summed E-state index contributed by atoms with van der Waals surface area (Å²) in [5.74, 6) is 0. The molecule has 0 aromatic heterocycles. The van der Waals surface area contributed by atoms with Crippen LogP contribution in [0, 0.1) is 13.8 Å². The lowest BCUT2D eigenvalue weighted by molar-refractivity contribution is -0.0946. The average molecular weight is 417 g/mol. The molecule has 0 heterocycles. The molecule has 0 spiro atoms. The molecule has 0 aliphatic carbocycles. The molecule has 0 N–H and O–H groups in total. The number of rotatable bonds is 11. The van der Waals surface area contributed by atoms with Crippen LogP contribution in [0.4, 0.5) is 11.4 Å². The minimum absolute atomic E-state index is 0.271. The molecule has 0 atom stereocenters. The molecule has 2 rings (SSSR count). The Morgan fingerprint density at radius 2 is 0.967 bits per heavy atom. The molecule has 0 fully saturated rings. The molecule has 0 saturated carbocycles. The zero-order valence-electron chi connectivity index (χ0n) is 19.6. The molecule has 6 nitrogen and oxygen atoms in total. The predicted molar refractivity (Wildman–Crippen MR) is 124 cm³/mol. The summed E-state index contributed by atoms with van der Waals surface area (Å²) in [6.07, 6.45) is -0.542. The Balaban J connectivity index is 2.33. The van der Waals surface area contributed by atoms with Crippen molar-refractivity contribution in [3.05, 3.63) is 47.5 Å². The van der Waals surface area contributed by atoms with Gasteiger partial charge in [-0.2, -0.15) is 0 Å². The topological polar surface area (TPSA) is 43.4 Å². The van der Waals surface area contributed by atoms with E-state index >= 15 is 0 Å². The Labute approximate surface area is 181 Å². The number of aryl methyl sites for hydroxylation is 2. The highest BCUT2D eigenvalue weighted by Crippen LogP contribution is 2.31. The Hall–Kier alpha value is -2.12. The molecule has 6 heteroatoms. The third-order valence-electron chi connectivity index (χ3n) is 5.47. The highest BCUT2D eigenvalue weighted by atomic mass is 16.7. The number of anilines is 2. The quantitative estimate of drug-likeness (QED) is 0.514. The number of methoxy groups -OCH3 is 4. The second kappa shape index (κ2) is 11.3. The molecule has 0 unspecified atom stereocenters. The van der Waals surface area contributed by atoms with Gasteiger partial charge in [-0.05, 0) is 48.2 Å². The molecule has 0 aliphatic heterocycles. The summed E-state index contributed by atoms with van der Waals surface area (Å²) in [4.78, 5) is 4.33. The molecule has 2 aromatic carbocycles. The van der Waals surface area contributed by atoms with Crippen molar-refractivity contribution in [3.63, 3.8) is 0 Å². The van der Waals surface area contributed by atoms with E-state index < -0.39 is 0 Å². The number of ether oxygens (including phenoxy) is 4. The third kappa shape index (κ3) is 5.95. The molecule has 2 aromatic rings. The summed E-state index contributed by atoms with van der Waals surface area (Å²) in [5, 5.41) is 0. The zero-order valence-corrected chi connectivity index (χ0v) is 19.6. The van der Waals surface area contributed by atoms with Crippen molar-refractivity contribution in [2.45, 2.75) is 26.4 Å². The van der Waals surface area contributed by atoms with Gasteiger partial charge in [0.1, 0.15) is 0 Å². The molecule has 166 valence electrons. The Kier molecular flexibility index (Phi) is 9.11. The Morgan fingerprint density at radius 3 is 1.27 bits per heavy atom. The summed E-state index contributed by atoms with van der Waals surface area (Å²) < 4.78 is 21.4. The first kappa shape index (κ1) is 24.2. The standard InChI is InChI=1S/C24H36N2O4/c1-17-9-11-19(13-21(17)25(3)15-23(27-5)28-6)20-12-10-18(2)22(14-20)26(4)16-24(29-7)30-8/h9-14,23-24H,15-16H2,1-8H3. The van der Waals surface area contributed by atoms with Crippen molar-refractivity contribution < 1.29 is 18.9 Å². The van der Waals surface area contributed by atoms with E-state index in [9.17, 15) is 0 Å². The van der Waals surface area contributed by atoms with Gasteiger partial charge in [0.15, 0.2) is 12.6 Å². The normalized spacial score (nSPS) is 11.4. The number of nitrogens with zero attached hydrogens (tertiary/aromatic N) is 2. The van der Waals surface area contributed by atoms with Gasteiger partial charge in [-0.1, -0.05) is 24.3 Å². The van der Waals surface area contributed by atoms with Crippen LogP contribution in [0.1, 0.15) is 11.1 Å². The van der Waals surface area contributed by atoms with Crippen LogP contribution in [-0.2, 0) is 18.9 Å². The van der Waals surface area contributed by atoms with Crippen molar-refractivity contribution in [2.75, 3.05) is 65.4 Å². The van der Waals surface area contributed by atoms with E-state index in [0.717, 1.165) is 11.4 Å². The van der Waals surface area contributed by atoms with Crippen molar-refractivity contribution in [1.82, 2.24) is 0 Å². The SMILES string of the molecule is COC(CN(C)c1cc(-c2ccc(C)c(N(C)CC(OC)OC)c2)ccc1C)OC. The van der Waals surface area contributed by atoms with Crippen molar-refractivity contribution in [3.8, 4) is 11.1 Å². The number of likely N-dealkylation sites (N-methyl/N-ethyl adjacent to an activating group) is 2. The fourth-order valence-corrected chi connectivity index (χ4v) is 3.53. The van der Waals surface area contributed by atoms with E-state index in [-0.39, 0.29) is 12.6 Å². The van der Waals surface area contributed by atoms with Gasteiger partial charge in [-0.3, -0.25) is 0 Å². The van der Waals surface area contributed by atoms with Gasteiger partial charge >= 0.3 is 0 Å². The highest BCUT2D eigenvalue weighted by Gasteiger charge is 2.15. The monoisotopic (exact) mass is 416 g/mol. The van der Waals surface area contributed by atoms with Crippen LogP contribution in [-0.4, -0.2) is 68.2 Å². The average Bonchev–Trinajstić information content (AvgIpc) is 2.76. The van der Waals surface area contributed by atoms with E-state index in [0.29, 0.717) is 13.1 Å². The second-order valence-electron chi connectivity index (χ2n) is 7.57. The summed E-state index contributed by atoms with van der Waals surface area (Å²) >= 11 is 0. The Bertz CT molecular complexity index is 736. The van der Waals surface area contributed by atoms with E-state index in [1.54, 1.807) is 28.4 Å². The maximum Gasteiger partial charge on any atom is 0.174 e.